The summed E-state index contributed by atoms with van der Waals surface area (Å²) in [5.41, 5.74) is 0.385. The maximum atomic E-state index is 13.4. The molecule has 4 aromatic carbocycles. The molecule has 0 aromatic heterocycles. The van der Waals surface area contributed by atoms with Gasteiger partial charge in [-0.1, -0.05) is 60.1 Å². The summed E-state index contributed by atoms with van der Waals surface area (Å²) in [6.07, 6.45) is 0.350. The average molecular weight is 596 g/mol. The number of fused-ring (bicyclic) bond motifs is 1. The number of anilines is 1. The Hall–Kier alpha value is -2.70. The van der Waals surface area contributed by atoms with Crippen LogP contribution in [0.4, 0.5) is 17.1 Å². The Kier molecular flexibility index (Phi) is 10.0. The molecule has 39 heavy (non-hydrogen) atoms. The van der Waals surface area contributed by atoms with Crippen molar-refractivity contribution in [3.8, 4) is 11.5 Å². The first-order valence-corrected chi connectivity index (χ1v) is 13.3. The predicted molar refractivity (Wildman–Crippen MR) is 144 cm³/mol. The Morgan fingerprint density at radius 2 is 1.79 bits per heavy atom. The summed E-state index contributed by atoms with van der Waals surface area (Å²) in [6, 6.07) is 15.4. The van der Waals surface area contributed by atoms with Crippen LogP contribution < -0.4 is 44.7 Å². The Balaban J connectivity index is 0.00000420. The molecular formula is C26H20Cl2N3NaO6S. The zero-order valence-electron chi connectivity index (χ0n) is 21.0. The Morgan fingerprint density at radius 3 is 2.46 bits per heavy atom. The number of amides is 1. The largest absolute Gasteiger partial charge is 1.00 e. The van der Waals surface area contributed by atoms with Crippen molar-refractivity contribution < 1.29 is 57.2 Å². The van der Waals surface area contributed by atoms with Crippen molar-refractivity contribution in [2.24, 2.45) is 10.2 Å². The number of aryl methyl sites for hydroxylation is 1. The van der Waals surface area contributed by atoms with Gasteiger partial charge in [0.15, 0.2) is 0 Å². The fourth-order valence-corrected chi connectivity index (χ4v) is 5.13. The van der Waals surface area contributed by atoms with Gasteiger partial charge in [-0.15, -0.1) is 0 Å². The number of azo groups is 1. The minimum Gasteiger partial charge on any atom is -0.870 e. The molecule has 0 fully saturated rings. The Labute approximate surface area is 256 Å². The number of hydrogen-bond donors (Lipinski definition) is 2. The zero-order chi connectivity index (χ0) is 27.6. The van der Waals surface area contributed by atoms with Crippen LogP contribution in [0.15, 0.2) is 75.8 Å². The molecular weight excluding hydrogens is 576 g/mol. The number of ether oxygens (including phenoxy) is 1. The predicted octanol–water partition coefficient (Wildman–Crippen LogP) is 3.71. The normalized spacial score (nSPS) is 11.4. The SMILES string of the molecule is CCc1cc(N=Nc2c([O-])c(C(=O)Nc3cc(Cl)ccc3OC)cc3ccccc23)cc(S(=O)(=O)O)c1Cl.[Na+]. The summed E-state index contributed by atoms with van der Waals surface area (Å²) < 4.78 is 38.4. The molecule has 0 atom stereocenters. The van der Waals surface area contributed by atoms with Gasteiger partial charge in [0.05, 0.1) is 29.2 Å². The smallest absolute Gasteiger partial charge is 0.870 e. The topological polar surface area (TPSA) is 140 Å². The first kappa shape index (κ1) is 30.8. The van der Waals surface area contributed by atoms with Crippen molar-refractivity contribution in [3.63, 3.8) is 0 Å². The van der Waals surface area contributed by atoms with Gasteiger partial charge in [0.2, 0.25) is 0 Å². The van der Waals surface area contributed by atoms with Gasteiger partial charge < -0.3 is 15.2 Å². The molecule has 1 amide bonds. The van der Waals surface area contributed by atoms with Crippen molar-refractivity contribution in [1.29, 1.82) is 0 Å². The monoisotopic (exact) mass is 595 g/mol. The summed E-state index contributed by atoms with van der Waals surface area (Å²) in [5.74, 6) is -1.07. The van der Waals surface area contributed by atoms with Crippen molar-refractivity contribution in [2.45, 2.75) is 18.2 Å². The Morgan fingerprint density at radius 1 is 1.08 bits per heavy atom. The van der Waals surface area contributed by atoms with Crippen LogP contribution in [0, 0.1) is 0 Å². The second-order valence-electron chi connectivity index (χ2n) is 8.07. The van der Waals surface area contributed by atoms with Crippen LogP contribution in [0.5, 0.6) is 11.5 Å². The third-order valence-electron chi connectivity index (χ3n) is 5.65. The second kappa shape index (κ2) is 12.6. The summed E-state index contributed by atoms with van der Waals surface area (Å²) in [4.78, 5) is 12.6. The number of rotatable bonds is 7. The van der Waals surface area contributed by atoms with E-state index in [1.165, 1.54) is 25.3 Å². The van der Waals surface area contributed by atoms with Crippen LogP contribution in [0.3, 0.4) is 0 Å². The number of nitrogens with one attached hydrogen (secondary N) is 1. The maximum Gasteiger partial charge on any atom is 1.00 e. The first-order valence-electron chi connectivity index (χ1n) is 11.1. The molecule has 0 bridgehead atoms. The summed E-state index contributed by atoms with van der Waals surface area (Å²) in [5, 5.41) is 25.4. The van der Waals surface area contributed by atoms with E-state index in [9.17, 15) is 22.9 Å². The first-order chi connectivity index (χ1) is 18.0. The number of hydrogen-bond acceptors (Lipinski definition) is 7. The van der Waals surface area contributed by atoms with E-state index in [1.54, 1.807) is 43.3 Å². The van der Waals surface area contributed by atoms with Crippen molar-refractivity contribution in [2.75, 3.05) is 12.4 Å². The van der Waals surface area contributed by atoms with Crippen LogP contribution in [-0.2, 0) is 16.5 Å². The van der Waals surface area contributed by atoms with Crippen LogP contribution in [-0.4, -0.2) is 26.0 Å². The summed E-state index contributed by atoms with van der Waals surface area (Å²) >= 11 is 12.2. The van der Waals surface area contributed by atoms with Crippen LogP contribution in [0.25, 0.3) is 10.8 Å². The van der Waals surface area contributed by atoms with E-state index in [0.29, 0.717) is 33.5 Å². The zero-order valence-corrected chi connectivity index (χ0v) is 25.4. The van der Waals surface area contributed by atoms with Crippen molar-refractivity contribution >= 4 is 67.1 Å². The van der Waals surface area contributed by atoms with Gasteiger partial charge >= 0.3 is 29.6 Å². The quantitative estimate of drug-likeness (QED) is 0.189. The van der Waals surface area contributed by atoms with E-state index in [2.05, 4.69) is 15.5 Å². The van der Waals surface area contributed by atoms with E-state index in [4.69, 9.17) is 27.9 Å². The molecule has 4 aromatic rings. The summed E-state index contributed by atoms with van der Waals surface area (Å²) in [7, 11) is -3.21. The van der Waals surface area contributed by atoms with Gasteiger partial charge in [-0.05, 0) is 53.8 Å². The van der Waals surface area contributed by atoms with Gasteiger partial charge in [-0.25, -0.2) is 0 Å². The van der Waals surface area contributed by atoms with Crippen LogP contribution >= 0.6 is 23.2 Å². The van der Waals surface area contributed by atoms with E-state index in [0.717, 1.165) is 6.07 Å². The molecule has 0 spiro atoms. The molecule has 0 aliphatic heterocycles. The second-order valence-corrected chi connectivity index (χ2v) is 10.3. The molecule has 0 radical (unpaired) electrons. The third kappa shape index (κ3) is 6.72. The van der Waals surface area contributed by atoms with Gasteiger partial charge in [0, 0.05) is 16.0 Å². The number of carbonyl (C=O) groups excluding carboxylic acids is 1. The van der Waals surface area contributed by atoms with Crippen LogP contribution in [0.1, 0.15) is 22.8 Å². The molecule has 0 heterocycles. The number of halogens is 2. The fourth-order valence-electron chi connectivity index (χ4n) is 3.79. The third-order valence-corrected chi connectivity index (χ3v) is 7.32. The van der Waals surface area contributed by atoms with Gasteiger partial charge in [-0.3, -0.25) is 9.35 Å². The molecule has 0 saturated carbocycles. The van der Waals surface area contributed by atoms with Gasteiger partial charge in [0.25, 0.3) is 16.0 Å². The van der Waals surface area contributed by atoms with Crippen molar-refractivity contribution in [3.05, 3.63) is 81.8 Å². The van der Waals surface area contributed by atoms with Crippen LogP contribution in [0.2, 0.25) is 10.0 Å². The van der Waals surface area contributed by atoms with Gasteiger partial charge in [0.1, 0.15) is 10.6 Å². The fraction of sp³-hybridized carbons (Fsp3) is 0.115. The van der Waals surface area contributed by atoms with E-state index < -0.39 is 26.7 Å². The molecule has 0 saturated heterocycles. The number of nitrogens with zero attached hydrogens (tertiary/aromatic N) is 2. The molecule has 196 valence electrons. The minimum absolute atomic E-state index is 0. The standard InChI is InChI=1S/C26H21Cl2N3O6S.Na/c1-3-14-10-17(13-22(23(14)28)38(34,35)36)30-31-24-18-7-5-4-6-15(18)11-19(25(24)32)26(33)29-20-12-16(27)8-9-21(20)37-2;/h4-13,32H,3H2,1-2H3,(H,29,33)(H,34,35,36);/q;+1/p-1. The molecule has 0 aliphatic rings. The van der Waals surface area contributed by atoms with Crippen molar-refractivity contribution in [1.82, 2.24) is 0 Å². The number of benzene rings is 4. The number of carbonyl (C=O) groups is 1. The number of methoxy groups -OCH3 is 1. The molecule has 2 N–H and O–H groups in total. The molecule has 13 heteroatoms. The minimum atomic E-state index is -4.64. The average Bonchev–Trinajstić information content (AvgIpc) is 2.88. The maximum absolute atomic E-state index is 13.4. The summed E-state index contributed by atoms with van der Waals surface area (Å²) in [6.45, 7) is 1.75. The molecule has 0 unspecified atom stereocenters. The molecule has 0 aliphatic carbocycles. The van der Waals surface area contributed by atoms with E-state index in [1.807, 2.05) is 0 Å². The molecule has 9 nitrogen and oxygen atoms in total. The Bertz CT molecular complexity index is 1710. The van der Waals surface area contributed by atoms with Gasteiger partial charge in [-0.2, -0.15) is 18.6 Å². The van der Waals surface area contributed by atoms with E-state index >= 15 is 0 Å². The molecule has 4 rings (SSSR count). The van der Waals surface area contributed by atoms with E-state index in [-0.39, 0.29) is 57.2 Å².